The van der Waals surface area contributed by atoms with Crippen molar-refractivity contribution in [1.29, 1.82) is 0 Å². The van der Waals surface area contributed by atoms with E-state index in [1.165, 1.54) is 0 Å². The summed E-state index contributed by atoms with van der Waals surface area (Å²) in [4.78, 5) is 0. The summed E-state index contributed by atoms with van der Waals surface area (Å²) in [6.07, 6.45) is 0. The zero-order chi connectivity index (χ0) is 6.41. The third kappa shape index (κ3) is 62.8. The van der Waals surface area contributed by atoms with Crippen LogP contribution in [0.5, 0.6) is 0 Å². The van der Waals surface area contributed by atoms with E-state index in [0.717, 1.165) is 0 Å². The molecule has 0 aromatic rings. The van der Waals surface area contributed by atoms with Gasteiger partial charge in [-0.3, -0.25) is 0 Å². The van der Waals surface area contributed by atoms with E-state index in [4.69, 9.17) is 57.2 Å². The fraction of sp³-hybridized carbons (Fsp3) is 0. The minimum atomic E-state index is -5.08. The quantitative estimate of drug-likeness (QED) is 0.512. The molecular formula is Cl6Pd2. The zero-order valence-electron chi connectivity index (χ0n) is 2.90. The Morgan fingerprint density at radius 2 is 0.625 bits per heavy atom. The molecule has 0 nitrogen and oxygen atoms in total. The van der Waals surface area contributed by atoms with Crippen molar-refractivity contribution >= 4 is 57.2 Å². The van der Waals surface area contributed by atoms with Gasteiger partial charge in [-0.2, -0.15) is 0 Å². The van der Waals surface area contributed by atoms with E-state index >= 15 is 0 Å². The summed E-state index contributed by atoms with van der Waals surface area (Å²) in [5, 5.41) is 0. The summed E-state index contributed by atoms with van der Waals surface area (Å²) < 4.78 is 0. The standard InChI is InChI=1S/6ClH.2Pd/h6*1H;;/q;;;;;;+2;+4/p-6. The van der Waals surface area contributed by atoms with Crippen LogP contribution in [0.2, 0.25) is 0 Å². The van der Waals surface area contributed by atoms with Crippen LogP contribution < -0.4 is 0 Å². The van der Waals surface area contributed by atoms with Crippen LogP contribution >= 0.6 is 57.2 Å². The van der Waals surface area contributed by atoms with E-state index in [2.05, 4.69) is 0 Å². The van der Waals surface area contributed by atoms with Crippen molar-refractivity contribution in [3.63, 3.8) is 0 Å². The molecule has 0 aliphatic heterocycles. The number of halogens is 6. The van der Waals surface area contributed by atoms with Crippen LogP contribution in [0.1, 0.15) is 0 Å². The molecule has 0 atom stereocenters. The minimum Gasteiger partial charge on any atom is 2.00 e. The summed E-state index contributed by atoms with van der Waals surface area (Å²) in [6, 6.07) is 0. The van der Waals surface area contributed by atoms with Crippen LogP contribution in [-0.2, 0) is 27.4 Å². The van der Waals surface area contributed by atoms with E-state index in [0.29, 0.717) is 0 Å². The van der Waals surface area contributed by atoms with Gasteiger partial charge < -0.3 is 0 Å². The van der Waals surface area contributed by atoms with Gasteiger partial charge in [0.15, 0.2) is 0 Å². The smallest absolute Gasteiger partial charge is 2.00 e. The molecule has 0 aliphatic carbocycles. The van der Waals surface area contributed by atoms with Crippen molar-refractivity contribution in [2.24, 2.45) is 0 Å². The van der Waals surface area contributed by atoms with Crippen molar-refractivity contribution in [1.82, 2.24) is 0 Å². The van der Waals surface area contributed by atoms with Gasteiger partial charge in [-0.25, -0.2) is 0 Å². The first-order valence-electron chi connectivity index (χ1n) is 0.717. The summed E-state index contributed by atoms with van der Waals surface area (Å²) in [6.45, 7) is -5.08. The predicted molar refractivity (Wildman–Crippen MR) is 35.1 cm³/mol. The summed E-state index contributed by atoms with van der Waals surface area (Å²) in [5.74, 6) is 0. The second-order valence-corrected chi connectivity index (χ2v) is 36.1. The average Bonchev–Trinajstić information content (AvgIpc) is 0.592. The molecule has 0 amide bonds. The van der Waals surface area contributed by atoms with Crippen LogP contribution in [0, 0.1) is 0 Å². The van der Waals surface area contributed by atoms with E-state index in [-0.39, 0.29) is 20.4 Å². The second kappa shape index (κ2) is 2.53. The van der Waals surface area contributed by atoms with Crippen LogP contribution in [-0.4, -0.2) is 0 Å². The first kappa shape index (κ1) is 13.6. The molecule has 8 heavy (non-hydrogen) atoms. The van der Waals surface area contributed by atoms with Crippen LogP contribution in [0.3, 0.4) is 0 Å². The Balaban J connectivity index is 0. The molecule has 0 heterocycles. The van der Waals surface area contributed by atoms with Crippen molar-refractivity contribution in [3.8, 4) is 0 Å². The first-order valence-corrected chi connectivity index (χ1v) is 12.7. The van der Waals surface area contributed by atoms with Gasteiger partial charge in [0.1, 0.15) is 0 Å². The van der Waals surface area contributed by atoms with Gasteiger partial charge >= 0.3 is 84.6 Å². The van der Waals surface area contributed by atoms with Gasteiger partial charge in [-0.15, -0.1) is 0 Å². The third-order valence-corrected chi connectivity index (χ3v) is 0. The molecule has 62 valence electrons. The third-order valence-electron chi connectivity index (χ3n) is 0. The van der Waals surface area contributed by atoms with Crippen LogP contribution in [0.15, 0.2) is 0 Å². The summed E-state index contributed by atoms with van der Waals surface area (Å²) in [5.41, 5.74) is 0. The topological polar surface area (TPSA) is 0 Å². The monoisotopic (exact) mass is 422 g/mol. The molecule has 0 aromatic heterocycles. The molecule has 0 saturated heterocycles. The molecule has 8 heteroatoms. The number of hydrogen-bond acceptors (Lipinski definition) is 0. The number of hydrogen-bond donors (Lipinski definition) is 0. The zero-order valence-corrected chi connectivity index (χ0v) is 10.5. The molecule has 0 radical (unpaired) electrons. The maximum atomic E-state index is 5.03. The van der Waals surface area contributed by atoms with Crippen LogP contribution in [0.4, 0.5) is 0 Å². The molecule has 0 aromatic carbocycles. The van der Waals surface area contributed by atoms with Gasteiger partial charge in [0.2, 0.25) is 0 Å². The largest absolute Gasteiger partial charge is 2.00 e. The first-order chi connectivity index (χ1) is 2.45. The van der Waals surface area contributed by atoms with Crippen molar-refractivity contribution < 1.29 is 27.4 Å². The van der Waals surface area contributed by atoms with E-state index in [9.17, 15) is 0 Å². The molecule has 0 saturated carbocycles. The normalized spacial score (nSPS) is 20.2. The molecule has 0 rings (SSSR count). The predicted octanol–water partition coefficient (Wildman–Crippen LogP) is 4.13. The maximum absolute atomic E-state index is 5.08. The van der Waals surface area contributed by atoms with Crippen molar-refractivity contribution in [2.75, 3.05) is 0 Å². The van der Waals surface area contributed by atoms with Crippen molar-refractivity contribution in [2.45, 2.75) is 0 Å². The molecule has 0 spiro atoms. The fourth-order valence-electron chi connectivity index (χ4n) is 0. The molecule has 0 aliphatic rings. The molecule has 0 bridgehead atoms. The van der Waals surface area contributed by atoms with Crippen molar-refractivity contribution in [3.05, 3.63) is 0 Å². The molecule has 0 N–H and O–H groups in total. The molecule has 0 unspecified atom stereocenters. The Morgan fingerprint density at radius 1 is 0.625 bits per heavy atom. The molecule has 0 fully saturated rings. The SMILES string of the molecule is [Cl][Pd-2]([Cl])([Cl])([Cl])([Cl])[Cl].[Pd+2]. The maximum Gasteiger partial charge on any atom is 2.00 e. The summed E-state index contributed by atoms with van der Waals surface area (Å²) >= 11 is 0. The van der Waals surface area contributed by atoms with E-state index < -0.39 is 6.97 Å². The Kier molecular flexibility index (Phi) is 4.32. The molecular weight excluding hydrogens is 426 g/mol. The van der Waals surface area contributed by atoms with Gasteiger partial charge in [0.25, 0.3) is 0 Å². The minimum absolute atomic E-state index is 0. The Morgan fingerprint density at radius 3 is 0.625 bits per heavy atom. The van der Waals surface area contributed by atoms with Crippen LogP contribution in [0.25, 0.3) is 0 Å². The number of rotatable bonds is 0. The van der Waals surface area contributed by atoms with Gasteiger partial charge in [-0.05, 0) is 0 Å². The van der Waals surface area contributed by atoms with E-state index in [1.807, 2.05) is 0 Å². The fourth-order valence-corrected chi connectivity index (χ4v) is 0. The Labute approximate surface area is 83.1 Å². The second-order valence-electron chi connectivity index (χ2n) is 0.678. The van der Waals surface area contributed by atoms with E-state index in [1.54, 1.807) is 0 Å². The van der Waals surface area contributed by atoms with Gasteiger partial charge in [-0.1, -0.05) is 0 Å². The summed E-state index contributed by atoms with van der Waals surface area (Å²) in [7, 11) is 30.2. The van der Waals surface area contributed by atoms with Gasteiger partial charge in [0, 0.05) is 0 Å². The Bertz CT molecular complexity index is 65.1. The Hall–Kier alpha value is 3.06. The van der Waals surface area contributed by atoms with Gasteiger partial charge in [0.05, 0.1) is 0 Å². The average molecular weight is 426 g/mol.